The first-order chi connectivity index (χ1) is 8.41. The number of likely N-dealkylation sites (tertiary alicyclic amines) is 1. The van der Waals surface area contributed by atoms with Crippen molar-refractivity contribution in [1.29, 1.82) is 0 Å². The molecule has 3 unspecified atom stereocenters. The van der Waals surface area contributed by atoms with Gasteiger partial charge >= 0.3 is 0 Å². The number of aromatic nitrogens is 2. The number of hydrogen-bond acceptors (Lipinski definition) is 3. The van der Waals surface area contributed by atoms with E-state index in [2.05, 4.69) is 37.7 Å². The van der Waals surface area contributed by atoms with Crippen molar-refractivity contribution >= 4 is 0 Å². The van der Waals surface area contributed by atoms with E-state index in [1.54, 1.807) is 0 Å². The van der Waals surface area contributed by atoms with E-state index in [4.69, 9.17) is 5.73 Å². The molecule has 0 saturated carbocycles. The molecule has 0 amide bonds. The summed E-state index contributed by atoms with van der Waals surface area (Å²) >= 11 is 0. The minimum atomic E-state index is 0.304. The smallest absolute Gasteiger partial charge is 0.0644 e. The van der Waals surface area contributed by atoms with E-state index in [9.17, 15) is 0 Å². The van der Waals surface area contributed by atoms with Crippen LogP contribution in [0.25, 0.3) is 0 Å². The maximum absolute atomic E-state index is 6.02. The quantitative estimate of drug-likeness (QED) is 0.889. The van der Waals surface area contributed by atoms with Crippen LogP contribution in [0.2, 0.25) is 0 Å². The summed E-state index contributed by atoms with van der Waals surface area (Å²) in [7, 11) is 2.02. The Morgan fingerprint density at radius 2 is 2.00 bits per heavy atom. The summed E-state index contributed by atoms with van der Waals surface area (Å²) in [6.45, 7) is 11.0. The van der Waals surface area contributed by atoms with Gasteiger partial charge in [-0.1, -0.05) is 0 Å². The van der Waals surface area contributed by atoms with E-state index in [-0.39, 0.29) is 0 Å². The third-order valence-electron chi connectivity index (χ3n) is 4.53. The van der Waals surface area contributed by atoms with E-state index < -0.39 is 0 Å². The topological polar surface area (TPSA) is 47.1 Å². The number of hydrogen-bond donors (Lipinski definition) is 1. The Morgan fingerprint density at radius 3 is 2.44 bits per heavy atom. The van der Waals surface area contributed by atoms with Crippen LogP contribution in [-0.4, -0.2) is 33.8 Å². The van der Waals surface area contributed by atoms with Gasteiger partial charge in [0.2, 0.25) is 0 Å². The molecule has 0 radical (unpaired) electrons. The Labute approximate surface area is 110 Å². The second kappa shape index (κ2) is 5.02. The molecule has 1 saturated heterocycles. The Bertz CT molecular complexity index is 422. The van der Waals surface area contributed by atoms with Crippen molar-refractivity contribution in [1.82, 2.24) is 14.7 Å². The second-order valence-corrected chi connectivity index (χ2v) is 5.79. The fraction of sp³-hybridized carbons (Fsp3) is 0.786. The van der Waals surface area contributed by atoms with Gasteiger partial charge < -0.3 is 5.73 Å². The Kier molecular flexibility index (Phi) is 3.78. The number of rotatable bonds is 3. The van der Waals surface area contributed by atoms with Gasteiger partial charge in [-0.15, -0.1) is 0 Å². The predicted molar refractivity (Wildman–Crippen MR) is 74.4 cm³/mol. The molecule has 4 heteroatoms. The molecule has 2 N–H and O–H groups in total. The molecule has 4 nitrogen and oxygen atoms in total. The largest absolute Gasteiger partial charge is 0.328 e. The zero-order chi connectivity index (χ0) is 13.4. The van der Waals surface area contributed by atoms with E-state index in [1.165, 1.54) is 17.7 Å². The summed E-state index contributed by atoms with van der Waals surface area (Å²) in [4.78, 5) is 2.55. The molecule has 1 aliphatic rings. The van der Waals surface area contributed by atoms with Gasteiger partial charge in [0.15, 0.2) is 0 Å². The number of nitrogens with two attached hydrogens (primary N) is 1. The van der Waals surface area contributed by atoms with Crippen LogP contribution in [0.3, 0.4) is 0 Å². The van der Waals surface area contributed by atoms with Crippen molar-refractivity contribution in [3.05, 3.63) is 17.0 Å². The molecule has 1 fully saturated rings. The maximum atomic E-state index is 6.02. The molecule has 0 spiro atoms. The number of nitrogens with zero attached hydrogens (tertiary/aromatic N) is 3. The van der Waals surface area contributed by atoms with Gasteiger partial charge in [0.1, 0.15) is 0 Å². The lowest BCUT2D eigenvalue weighted by molar-refractivity contribution is 0.247. The van der Waals surface area contributed by atoms with Crippen LogP contribution in [0.1, 0.15) is 43.3 Å². The van der Waals surface area contributed by atoms with E-state index in [0.717, 1.165) is 18.8 Å². The standard InChI is InChI=1S/C14H26N4/c1-9(15)13-6-7-18(8-13)12(4)14-10(2)16-17(5)11(14)3/h9,12-13H,6-8,15H2,1-5H3. The fourth-order valence-electron chi connectivity index (χ4n) is 3.17. The highest BCUT2D eigenvalue weighted by Crippen LogP contribution is 2.31. The third-order valence-corrected chi connectivity index (χ3v) is 4.53. The molecular weight excluding hydrogens is 224 g/mol. The Morgan fingerprint density at radius 1 is 1.33 bits per heavy atom. The molecule has 0 bridgehead atoms. The Balaban J connectivity index is 2.15. The first-order valence-corrected chi connectivity index (χ1v) is 6.91. The predicted octanol–water partition coefficient (Wildman–Crippen LogP) is 1.77. The molecule has 1 aromatic heterocycles. The highest BCUT2D eigenvalue weighted by molar-refractivity contribution is 5.28. The Hall–Kier alpha value is -0.870. The van der Waals surface area contributed by atoms with Gasteiger partial charge in [0, 0.05) is 36.9 Å². The lowest BCUT2D eigenvalue weighted by Crippen LogP contribution is -2.31. The maximum Gasteiger partial charge on any atom is 0.0644 e. The fourth-order valence-corrected chi connectivity index (χ4v) is 3.17. The lowest BCUT2D eigenvalue weighted by atomic mass is 10.0. The molecule has 102 valence electrons. The summed E-state index contributed by atoms with van der Waals surface area (Å²) in [6.07, 6.45) is 1.22. The van der Waals surface area contributed by atoms with Crippen LogP contribution < -0.4 is 5.73 Å². The van der Waals surface area contributed by atoms with E-state index in [0.29, 0.717) is 18.0 Å². The summed E-state index contributed by atoms with van der Waals surface area (Å²) in [5.74, 6) is 0.643. The summed E-state index contributed by atoms with van der Waals surface area (Å²) < 4.78 is 1.99. The van der Waals surface area contributed by atoms with Gasteiger partial charge in [-0.05, 0) is 46.6 Å². The first-order valence-electron chi connectivity index (χ1n) is 6.91. The van der Waals surface area contributed by atoms with Crippen molar-refractivity contribution in [2.24, 2.45) is 18.7 Å². The van der Waals surface area contributed by atoms with E-state index >= 15 is 0 Å². The molecule has 3 atom stereocenters. The van der Waals surface area contributed by atoms with Crippen LogP contribution in [0.5, 0.6) is 0 Å². The van der Waals surface area contributed by atoms with Crippen LogP contribution in [0.4, 0.5) is 0 Å². The zero-order valence-corrected chi connectivity index (χ0v) is 12.3. The van der Waals surface area contributed by atoms with Crippen LogP contribution in [-0.2, 0) is 7.05 Å². The molecule has 18 heavy (non-hydrogen) atoms. The lowest BCUT2D eigenvalue weighted by Gasteiger charge is -2.25. The van der Waals surface area contributed by atoms with Crippen LogP contribution in [0, 0.1) is 19.8 Å². The van der Waals surface area contributed by atoms with Crippen molar-refractivity contribution in [3.63, 3.8) is 0 Å². The van der Waals surface area contributed by atoms with Crippen molar-refractivity contribution < 1.29 is 0 Å². The zero-order valence-electron chi connectivity index (χ0n) is 12.3. The highest BCUT2D eigenvalue weighted by atomic mass is 15.3. The minimum absolute atomic E-state index is 0.304. The van der Waals surface area contributed by atoms with Gasteiger partial charge in [0.25, 0.3) is 0 Å². The second-order valence-electron chi connectivity index (χ2n) is 5.79. The normalized spacial score (nSPS) is 24.4. The van der Waals surface area contributed by atoms with Gasteiger partial charge in [-0.2, -0.15) is 5.10 Å². The van der Waals surface area contributed by atoms with Crippen LogP contribution in [0.15, 0.2) is 0 Å². The van der Waals surface area contributed by atoms with Crippen molar-refractivity contribution in [2.45, 2.75) is 46.2 Å². The van der Waals surface area contributed by atoms with Gasteiger partial charge in [-0.25, -0.2) is 0 Å². The highest BCUT2D eigenvalue weighted by Gasteiger charge is 2.30. The molecule has 1 aliphatic heterocycles. The SMILES string of the molecule is Cc1nn(C)c(C)c1C(C)N1CCC(C(C)N)C1. The van der Waals surface area contributed by atoms with Crippen molar-refractivity contribution in [3.8, 4) is 0 Å². The van der Waals surface area contributed by atoms with Gasteiger partial charge in [0.05, 0.1) is 5.69 Å². The number of aryl methyl sites for hydroxylation is 2. The molecular formula is C14H26N4. The minimum Gasteiger partial charge on any atom is -0.328 e. The summed E-state index contributed by atoms with van der Waals surface area (Å²) in [5, 5.41) is 4.52. The molecule has 0 aromatic carbocycles. The molecule has 0 aliphatic carbocycles. The van der Waals surface area contributed by atoms with E-state index in [1.807, 2.05) is 11.7 Å². The van der Waals surface area contributed by atoms with Gasteiger partial charge in [-0.3, -0.25) is 9.58 Å². The monoisotopic (exact) mass is 250 g/mol. The van der Waals surface area contributed by atoms with Crippen molar-refractivity contribution in [2.75, 3.05) is 13.1 Å². The average Bonchev–Trinajstić information content (AvgIpc) is 2.85. The summed E-state index contributed by atoms with van der Waals surface area (Å²) in [6, 6.07) is 0.751. The molecule has 2 heterocycles. The molecule has 1 aromatic rings. The first kappa shape index (κ1) is 13.6. The average molecular weight is 250 g/mol. The summed E-state index contributed by atoms with van der Waals surface area (Å²) in [5.41, 5.74) is 9.85. The molecule has 2 rings (SSSR count). The third kappa shape index (κ3) is 2.31. The van der Waals surface area contributed by atoms with Crippen LogP contribution >= 0.6 is 0 Å².